The predicted octanol–water partition coefficient (Wildman–Crippen LogP) is 4.00. The van der Waals surface area contributed by atoms with Gasteiger partial charge in [-0.3, -0.25) is 4.79 Å². The number of ether oxygens (including phenoxy) is 1. The molecule has 108 valence electrons. The van der Waals surface area contributed by atoms with Crippen molar-refractivity contribution in [3.05, 3.63) is 32.7 Å². The highest BCUT2D eigenvalue weighted by atomic mass is 79.9. The summed E-state index contributed by atoms with van der Waals surface area (Å²) in [5.74, 6) is 0.110. The normalized spacial score (nSPS) is 26.2. The number of halogens is 2. The summed E-state index contributed by atoms with van der Waals surface area (Å²) in [6, 6.07) is 5.98. The second-order valence-electron chi connectivity index (χ2n) is 5.38. The number of carbonyl (C=O) groups is 1. The van der Waals surface area contributed by atoms with Crippen molar-refractivity contribution in [1.82, 2.24) is 4.90 Å². The first kappa shape index (κ1) is 14.5. The molecule has 2 atom stereocenters. The summed E-state index contributed by atoms with van der Waals surface area (Å²) in [6.45, 7) is 1.34. The Bertz CT molecular complexity index is 519. The van der Waals surface area contributed by atoms with Gasteiger partial charge in [0, 0.05) is 15.5 Å². The summed E-state index contributed by atoms with van der Waals surface area (Å²) in [7, 11) is 0. The van der Waals surface area contributed by atoms with Gasteiger partial charge in [-0.05, 0) is 47.0 Å². The maximum absolute atomic E-state index is 12.8. The Morgan fingerprint density at radius 3 is 2.90 bits per heavy atom. The SMILES string of the molecule is O=C(c1cc(Br)ccc1Br)N1CCOC2CCCCC21. The molecular weight excluding hydrogens is 386 g/mol. The van der Waals surface area contributed by atoms with Crippen molar-refractivity contribution < 1.29 is 9.53 Å². The minimum Gasteiger partial charge on any atom is -0.374 e. The van der Waals surface area contributed by atoms with Gasteiger partial charge in [-0.2, -0.15) is 0 Å². The first-order valence-corrected chi connectivity index (χ1v) is 8.63. The van der Waals surface area contributed by atoms with Crippen LogP contribution in [0.5, 0.6) is 0 Å². The molecule has 3 rings (SSSR count). The Morgan fingerprint density at radius 1 is 1.25 bits per heavy atom. The second kappa shape index (κ2) is 6.16. The smallest absolute Gasteiger partial charge is 0.255 e. The number of amides is 1. The topological polar surface area (TPSA) is 29.5 Å². The van der Waals surface area contributed by atoms with Crippen molar-refractivity contribution in [2.24, 2.45) is 0 Å². The van der Waals surface area contributed by atoms with E-state index in [1.54, 1.807) is 0 Å². The largest absolute Gasteiger partial charge is 0.374 e. The van der Waals surface area contributed by atoms with E-state index in [1.807, 2.05) is 23.1 Å². The molecule has 3 nitrogen and oxygen atoms in total. The van der Waals surface area contributed by atoms with Gasteiger partial charge in [0.25, 0.3) is 5.91 Å². The number of hydrogen-bond donors (Lipinski definition) is 0. The average Bonchev–Trinajstić information content (AvgIpc) is 2.48. The fraction of sp³-hybridized carbons (Fsp3) is 0.533. The lowest BCUT2D eigenvalue weighted by molar-refractivity contribution is -0.0753. The fourth-order valence-corrected chi connectivity index (χ4v) is 3.94. The highest BCUT2D eigenvalue weighted by Crippen LogP contribution is 2.31. The summed E-state index contributed by atoms with van der Waals surface area (Å²) in [5.41, 5.74) is 0.727. The monoisotopic (exact) mass is 401 g/mol. The average molecular weight is 403 g/mol. The van der Waals surface area contributed by atoms with Gasteiger partial charge in [0.15, 0.2) is 0 Å². The minimum atomic E-state index is 0.110. The predicted molar refractivity (Wildman–Crippen MR) is 84.9 cm³/mol. The van der Waals surface area contributed by atoms with Crippen LogP contribution >= 0.6 is 31.9 Å². The van der Waals surface area contributed by atoms with Crippen LogP contribution in [0.3, 0.4) is 0 Å². The van der Waals surface area contributed by atoms with Crippen LogP contribution in [0.4, 0.5) is 0 Å². The maximum Gasteiger partial charge on any atom is 0.255 e. The molecule has 0 radical (unpaired) electrons. The van der Waals surface area contributed by atoms with E-state index in [0.717, 1.165) is 27.4 Å². The lowest BCUT2D eigenvalue weighted by Gasteiger charge is -2.43. The van der Waals surface area contributed by atoms with Crippen molar-refractivity contribution >= 4 is 37.8 Å². The van der Waals surface area contributed by atoms with E-state index in [4.69, 9.17) is 4.74 Å². The Kier molecular flexibility index (Phi) is 4.48. The highest BCUT2D eigenvalue weighted by Gasteiger charge is 2.37. The molecule has 1 aliphatic carbocycles. The Morgan fingerprint density at radius 2 is 2.05 bits per heavy atom. The number of nitrogens with zero attached hydrogens (tertiary/aromatic N) is 1. The van der Waals surface area contributed by atoms with Crippen molar-refractivity contribution in [2.75, 3.05) is 13.2 Å². The van der Waals surface area contributed by atoms with Crippen LogP contribution in [0, 0.1) is 0 Å². The lowest BCUT2D eigenvalue weighted by atomic mass is 9.89. The third kappa shape index (κ3) is 2.81. The highest BCUT2D eigenvalue weighted by molar-refractivity contribution is 9.11. The summed E-state index contributed by atoms with van der Waals surface area (Å²) < 4.78 is 7.62. The molecule has 1 amide bonds. The molecule has 20 heavy (non-hydrogen) atoms. The molecule has 2 fully saturated rings. The van der Waals surface area contributed by atoms with Gasteiger partial charge in [0.05, 0.1) is 24.3 Å². The van der Waals surface area contributed by atoms with Crippen LogP contribution in [0.2, 0.25) is 0 Å². The van der Waals surface area contributed by atoms with Gasteiger partial charge in [-0.15, -0.1) is 0 Å². The molecule has 1 aromatic rings. The Balaban J connectivity index is 1.87. The summed E-state index contributed by atoms with van der Waals surface area (Å²) in [4.78, 5) is 14.9. The van der Waals surface area contributed by atoms with E-state index in [-0.39, 0.29) is 18.1 Å². The Labute approximate surface area is 135 Å². The molecular formula is C15H17Br2NO2. The molecule has 2 aliphatic rings. The number of rotatable bonds is 1. The standard InChI is InChI=1S/C15H17Br2NO2/c16-10-5-6-12(17)11(9-10)15(19)18-7-8-20-14-4-2-1-3-13(14)18/h5-6,9,13-14H,1-4,7-8H2. The van der Waals surface area contributed by atoms with Crippen LogP contribution in [0.15, 0.2) is 27.1 Å². The van der Waals surface area contributed by atoms with Crippen LogP contribution in [-0.2, 0) is 4.74 Å². The zero-order valence-corrected chi connectivity index (χ0v) is 14.3. The molecule has 5 heteroatoms. The number of hydrogen-bond acceptors (Lipinski definition) is 2. The van der Waals surface area contributed by atoms with Gasteiger partial charge in [0.2, 0.25) is 0 Å². The molecule has 0 spiro atoms. The second-order valence-corrected chi connectivity index (χ2v) is 7.15. The summed E-state index contributed by atoms with van der Waals surface area (Å²) >= 11 is 6.93. The van der Waals surface area contributed by atoms with Gasteiger partial charge >= 0.3 is 0 Å². The van der Waals surface area contributed by atoms with E-state index in [0.29, 0.717) is 13.2 Å². The van der Waals surface area contributed by atoms with Crippen LogP contribution in [-0.4, -0.2) is 36.1 Å². The van der Waals surface area contributed by atoms with Crippen LogP contribution in [0.25, 0.3) is 0 Å². The number of benzene rings is 1. The van der Waals surface area contributed by atoms with Gasteiger partial charge in [-0.1, -0.05) is 28.8 Å². The first-order chi connectivity index (χ1) is 9.66. The van der Waals surface area contributed by atoms with E-state index in [9.17, 15) is 4.79 Å². The fourth-order valence-electron chi connectivity index (χ4n) is 3.16. The third-order valence-electron chi connectivity index (χ3n) is 4.15. The van der Waals surface area contributed by atoms with E-state index < -0.39 is 0 Å². The van der Waals surface area contributed by atoms with Crippen LogP contribution in [0.1, 0.15) is 36.0 Å². The molecule has 1 aliphatic heterocycles. The van der Waals surface area contributed by atoms with Crippen molar-refractivity contribution in [3.8, 4) is 0 Å². The molecule has 1 aromatic carbocycles. The number of fused-ring (bicyclic) bond motifs is 1. The molecule has 1 saturated heterocycles. The molecule has 2 unspecified atom stereocenters. The zero-order valence-electron chi connectivity index (χ0n) is 11.1. The zero-order chi connectivity index (χ0) is 14.1. The third-order valence-corrected chi connectivity index (χ3v) is 5.34. The maximum atomic E-state index is 12.8. The molecule has 1 heterocycles. The summed E-state index contributed by atoms with van der Waals surface area (Å²) in [6.07, 6.45) is 4.76. The quantitative estimate of drug-likeness (QED) is 0.710. The van der Waals surface area contributed by atoms with Gasteiger partial charge < -0.3 is 9.64 Å². The van der Waals surface area contributed by atoms with Crippen molar-refractivity contribution in [1.29, 1.82) is 0 Å². The van der Waals surface area contributed by atoms with E-state index in [2.05, 4.69) is 31.9 Å². The minimum absolute atomic E-state index is 0.110. The Hall–Kier alpha value is -0.390. The number of carbonyl (C=O) groups excluding carboxylic acids is 1. The molecule has 0 aromatic heterocycles. The van der Waals surface area contributed by atoms with Crippen molar-refractivity contribution in [3.63, 3.8) is 0 Å². The molecule has 0 bridgehead atoms. The number of morpholine rings is 1. The lowest BCUT2D eigenvalue weighted by Crippen LogP contribution is -2.54. The van der Waals surface area contributed by atoms with Gasteiger partial charge in [0.1, 0.15) is 0 Å². The van der Waals surface area contributed by atoms with E-state index in [1.165, 1.54) is 12.8 Å². The van der Waals surface area contributed by atoms with E-state index >= 15 is 0 Å². The van der Waals surface area contributed by atoms with Crippen LogP contribution < -0.4 is 0 Å². The van der Waals surface area contributed by atoms with Gasteiger partial charge in [-0.25, -0.2) is 0 Å². The first-order valence-electron chi connectivity index (χ1n) is 7.04. The summed E-state index contributed by atoms with van der Waals surface area (Å²) in [5, 5.41) is 0. The van der Waals surface area contributed by atoms with Crippen molar-refractivity contribution in [2.45, 2.75) is 37.8 Å². The molecule has 0 N–H and O–H groups in total. The molecule has 1 saturated carbocycles.